The summed E-state index contributed by atoms with van der Waals surface area (Å²) >= 11 is 12.3. The predicted octanol–water partition coefficient (Wildman–Crippen LogP) is 1.07. The van der Waals surface area contributed by atoms with Crippen molar-refractivity contribution in [2.24, 2.45) is 5.41 Å². The van der Waals surface area contributed by atoms with Crippen molar-refractivity contribution < 1.29 is 4.74 Å². The van der Waals surface area contributed by atoms with E-state index in [-0.39, 0.29) is 45.0 Å². The zero-order valence-electron chi connectivity index (χ0n) is 17.0. The highest BCUT2D eigenvalue weighted by molar-refractivity contribution is 6.32. The number of ether oxygens (including phenoxy) is 1. The Morgan fingerprint density at radius 2 is 2.00 bits per heavy atom. The molecule has 2 aromatic heterocycles. The SMILES string of the molecule is C/C(=C\C(Cl)=C(/CCl)Oc1cc(N2CC(C)(C)C2)c(=O)[nH]n1)n1nc(N)c(=O)[nH]c1=O. The molecule has 0 aromatic carbocycles. The van der Waals surface area contributed by atoms with Gasteiger partial charge in [0, 0.05) is 24.9 Å². The lowest BCUT2D eigenvalue weighted by molar-refractivity contribution is 0.275. The average molecular weight is 470 g/mol. The lowest BCUT2D eigenvalue weighted by atomic mass is 9.84. The molecule has 13 heteroatoms. The second kappa shape index (κ2) is 8.60. The van der Waals surface area contributed by atoms with Crippen LogP contribution in [-0.4, -0.2) is 43.9 Å². The van der Waals surface area contributed by atoms with E-state index in [1.165, 1.54) is 19.1 Å². The number of nitrogens with two attached hydrogens (primary N) is 1. The maximum atomic E-state index is 12.1. The summed E-state index contributed by atoms with van der Waals surface area (Å²) in [6.45, 7) is 7.20. The Kier molecular flexibility index (Phi) is 6.27. The largest absolute Gasteiger partial charge is 0.439 e. The maximum absolute atomic E-state index is 12.1. The van der Waals surface area contributed by atoms with Crippen molar-refractivity contribution in [2.75, 3.05) is 29.6 Å². The minimum absolute atomic E-state index is 0.0607. The zero-order valence-corrected chi connectivity index (χ0v) is 18.5. The Balaban J connectivity index is 1.89. The summed E-state index contributed by atoms with van der Waals surface area (Å²) in [5.41, 5.74) is 4.37. The molecule has 4 N–H and O–H groups in total. The van der Waals surface area contributed by atoms with Crippen molar-refractivity contribution in [3.63, 3.8) is 0 Å². The van der Waals surface area contributed by atoms with Crippen LogP contribution in [0.4, 0.5) is 11.5 Å². The molecule has 0 radical (unpaired) electrons. The van der Waals surface area contributed by atoms with Gasteiger partial charge in [0.2, 0.25) is 11.7 Å². The third kappa shape index (κ3) is 5.00. The third-order valence-electron chi connectivity index (χ3n) is 4.48. The molecule has 1 aliphatic heterocycles. The lowest BCUT2D eigenvalue weighted by Gasteiger charge is -2.46. The zero-order chi connectivity index (χ0) is 22.9. The summed E-state index contributed by atoms with van der Waals surface area (Å²) in [6.07, 6.45) is 1.37. The van der Waals surface area contributed by atoms with Gasteiger partial charge >= 0.3 is 5.69 Å². The fourth-order valence-electron chi connectivity index (χ4n) is 3.07. The van der Waals surface area contributed by atoms with Gasteiger partial charge < -0.3 is 15.4 Å². The standard InChI is InChI=1S/C18H21Cl2N7O4/c1-9(27-17(30)22-16(29)14(21)25-27)4-10(20)12(6-19)31-13-5-11(15(28)24-23-13)26-7-18(2,3)8-26/h4-5H,6-8H2,1-3H3,(H2,21,25)(H,24,28)(H,22,29,30)/b9-4+,12-10-. The van der Waals surface area contributed by atoms with E-state index >= 15 is 0 Å². The summed E-state index contributed by atoms with van der Waals surface area (Å²) in [5.74, 6) is -0.267. The molecule has 0 aliphatic carbocycles. The molecule has 2 aromatic rings. The van der Waals surface area contributed by atoms with Gasteiger partial charge in [-0.1, -0.05) is 25.4 Å². The Bertz CT molecular complexity index is 1230. The molecule has 1 fully saturated rings. The monoisotopic (exact) mass is 469 g/mol. The van der Waals surface area contributed by atoms with Crippen LogP contribution in [0.1, 0.15) is 20.8 Å². The molecule has 0 unspecified atom stereocenters. The number of nitrogens with zero attached hydrogens (tertiary/aromatic N) is 4. The average Bonchev–Trinajstić information content (AvgIpc) is 2.67. The van der Waals surface area contributed by atoms with Crippen LogP contribution in [0.3, 0.4) is 0 Å². The number of alkyl halides is 1. The van der Waals surface area contributed by atoms with Gasteiger partial charge in [-0.2, -0.15) is 4.68 Å². The quantitative estimate of drug-likeness (QED) is 0.322. The number of hydrogen-bond donors (Lipinski definition) is 3. The Hall–Kier alpha value is -3.05. The van der Waals surface area contributed by atoms with Gasteiger partial charge in [0.1, 0.15) is 11.4 Å². The molecule has 1 saturated heterocycles. The van der Waals surface area contributed by atoms with Crippen LogP contribution in [0.2, 0.25) is 0 Å². The highest BCUT2D eigenvalue weighted by Crippen LogP contribution is 2.32. The molecule has 0 spiro atoms. The van der Waals surface area contributed by atoms with Crippen molar-refractivity contribution in [3.05, 3.63) is 54.1 Å². The maximum Gasteiger partial charge on any atom is 0.349 e. The van der Waals surface area contributed by atoms with E-state index in [0.717, 1.165) is 17.8 Å². The molecule has 11 nitrogen and oxygen atoms in total. The van der Waals surface area contributed by atoms with Gasteiger partial charge in [0.05, 0.1) is 10.9 Å². The van der Waals surface area contributed by atoms with Gasteiger partial charge in [-0.15, -0.1) is 21.8 Å². The molecule has 0 atom stereocenters. The Morgan fingerprint density at radius 1 is 1.32 bits per heavy atom. The number of nitrogens with one attached hydrogen (secondary N) is 2. The van der Waals surface area contributed by atoms with Gasteiger partial charge in [-0.25, -0.2) is 9.89 Å². The summed E-state index contributed by atoms with van der Waals surface area (Å²) in [5, 5.41) is 10.1. The van der Waals surface area contributed by atoms with E-state index in [1.54, 1.807) is 0 Å². The molecular weight excluding hydrogens is 449 g/mol. The number of aromatic nitrogens is 5. The van der Waals surface area contributed by atoms with Gasteiger partial charge in [0.25, 0.3) is 11.1 Å². The van der Waals surface area contributed by atoms with Gasteiger partial charge in [-0.3, -0.25) is 14.6 Å². The topological polar surface area (TPSA) is 152 Å². The van der Waals surface area contributed by atoms with Crippen LogP contribution in [0.15, 0.2) is 37.3 Å². The number of H-pyrrole nitrogens is 2. The van der Waals surface area contributed by atoms with Gasteiger partial charge in [0.15, 0.2) is 0 Å². The lowest BCUT2D eigenvalue weighted by Crippen LogP contribution is -2.54. The number of nitrogen functional groups attached to an aromatic ring is 1. The number of anilines is 2. The van der Waals surface area contributed by atoms with Crippen LogP contribution in [0, 0.1) is 5.41 Å². The first-order valence-corrected chi connectivity index (χ1v) is 10.1. The Morgan fingerprint density at radius 3 is 2.61 bits per heavy atom. The van der Waals surface area contributed by atoms with Crippen LogP contribution >= 0.6 is 23.2 Å². The molecule has 3 heterocycles. The van der Waals surface area contributed by atoms with Crippen molar-refractivity contribution in [1.82, 2.24) is 25.0 Å². The van der Waals surface area contributed by atoms with Crippen LogP contribution in [-0.2, 0) is 0 Å². The van der Waals surface area contributed by atoms with Crippen molar-refractivity contribution in [1.29, 1.82) is 0 Å². The van der Waals surface area contributed by atoms with Crippen LogP contribution in [0.5, 0.6) is 5.88 Å². The minimum Gasteiger partial charge on any atom is -0.439 e. The number of rotatable bonds is 6. The normalized spacial score (nSPS) is 16.5. The highest BCUT2D eigenvalue weighted by Gasteiger charge is 2.35. The first-order valence-electron chi connectivity index (χ1n) is 9.15. The van der Waals surface area contributed by atoms with Gasteiger partial charge in [-0.05, 0) is 18.4 Å². The molecule has 31 heavy (non-hydrogen) atoms. The summed E-state index contributed by atoms with van der Waals surface area (Å²) < 4.78 is 6.56. The molecular formula is C18H21Cl2N7O4. The second-order valence-electron chi connectivity index (χ2n) is 7.79. The first-order chi connectivity index (χ1) is 14.5. The number of hydrogen-bond acceptors (Lipinski definition) is 8. The number of halogens is 2. The summed E-state index contributed by atoms with van der Waals surface area (Å²) in [6, 6.07) is 1.51. The third-order valence-corrected chi connectivity index (χ3v) is 5.04. The highest BCUT2D eigenvalue weighted by atomic mass is 35.5. The fourth-order valence-corrected chi connectivity index (χ4v) is 3.60. The Labute approximate surface area is 186 Å². The molecule has 1 aliphatic rings. The molecule has 3 rings (SSSR count). The second-order valence-corrected chi connectivity index (χ2v) is 8.46. The predicted molar refractivity (Wildman–Crippen MR) is 119 cm³/mol. The van der Waals surface area contributed by atoms with Crippen molar-refractivity contribution >= 4 is 40.4 Å². The molecule has 0 saturated carbocycles. The fraction of sp³-hybridized carbons (Fsp3) is 0.389. The summed E-state index contributed by atoms with van der Waals surface area (Å²) in [7, 11) is 0. The first kappa shape index (κ1) is 22.6. The number of aromatic amines is 2. The van der Waals surface area contributed by atoms with Crippen molar-refractivity contribution in [2.45, 2.75) is 20.8 Å². The molecule has 166 valence electrons. The smallest absolute Gasteiger partial charge is 0.349 e. The minimum atomic E-state index is -0.786. The van der Waals surface area contributed by atoms with E-state index in [0.29, 0.717) is 5.69 Å². The van der Waals surface area contributed by atoms with Crippen LogP contribution in [0.25, 0.3) is 5.70 Å². The van der Waals surface area contributed by atoms with E-state index in [1.807, 2.05) is 9.88 Å². The summed E-state index contributed by atoms with van der Waals surface area (Å²) in [4.78, 5) is 39.4. The van der Waals surface area contributed by atoms with Crippen LogP contribution < -0.4 is 32.2 Å². The van der Waals surface area contributed by atoms with E-state index < -0.39 is 11.2 Å². The van der Waals surface area contributed by atoms with E-state index in [2.05, 4.69) is 29.1 Å². The molecule has 0 amide bonds. The van der Waals surface area contributed by atoms with E-state index in [9.17, 15) is 14.4 Å². The molecule has 0 bridgehead atoms. The number of allylic oxidation sites excluding steroid dienone is 4. The van der Waals surface area contributed by atoms with E-state index in [4.69, 9.17) is 33.7 Å². The van der Waals surface area contributed by atoms with Crippen molar-refractivity contribution in [3.8, 4) is 5.88 Å².